The number of carbonyl (C=O) groups excluding carboxylic acids is 1. The van der Waals surface area contributed by atoms with Crippen molar-refractivity contribution in [2.45, 2.75) is 18.9 Å². The van der Waals surface area contributed by atoms with E-state index < -0.39 is 35.9 Å². The molecule has 0 aliphatic carbocycles. The van der Waals surface area contributed by atoms with E-state index in [0.29, 0.717) is 30.0 Å². The van der Waals surface area contributed by atoms with Gasteiger partial charge in [0.15, 0.2) is 0 Å². The number of hydrogen-bond acceptors (Lipinski definition) is 8. The maximum absolute atomic E-state index is 13.5. The summed E-state index contributed by atoms with van der Waals surface area (Å²) in [5.41, 5.74) is -2.77. The second-order valence-electron chi connectivity index (χ2n) is 10.4. The van der Waals surface area contributed by atoms with Crippen LogP contribution >= 0.6 is 0 Å². The van der Waals surface area contributed by atoms with Gasteiger partial charge >= 0.3 is 18.4 Å². The number of aliphatic hydroxyl groups excluding tert-OH is 1. The zero-order valence-corrected chi connectivity index (χ0v) is 25.8. The lowest BCUT2D eigenvalue weighted by Crippen LogP contribution is -2.28. The molecular formula is C30H37F6N5O4. The standard InChI is InChI=1S/C26H26F6N4O3.C4H11NO/c1-35(2)9-10-39-24-33-14-20(19-7-5-6-8-21(19)38-4)22(34-24)23(37)36(3)15-16-11-17(25(27,28)29)13-18(12-16)26(30,31)32;1-5(2)3-4-6/h5-8,11-14H,9-10,15H2,1-4H3;6H,3-4H2,1-2H3. The molecule has 45 heavy (non-hydrogen) atoms. The van der Waals surface area contributed by atoms with Crippen LogP contribution in [-0.4, -0.2) is 104 Å². The number of aromatic nitrogens is 2. The van der Waals surface area contributed by atoms with Crippen molar-refractivity contribution in [2.75, 3.05) is 68.7 Å². The molecular weight excluding hydrogens is 608 g/mol. The average molecular weight is 646 g/mol. The smallest absolute Gasteiger partial charge is 0.416 e. The van der Waals surface area contributed by atoms with Crippen molar-refractivity contribution in [3.05, 3.63) is 71.0 Å². The summed E-state index contributed by atoms with van der Waals surface area (Å²) in [6, 6.07) is 7.78. The van der Waals surface area contributed by atoms with E-state index in [1.54, 1.807) is 24.3 Å². The Morgan fingerprint density at radius 3 is 1.93 bits per heavy atom. The van der Waals surface area contributed by atoms with E-state index in [9.17, 15) is 31.1 Å². The summed E-state index contributed by atoms with van der Waals surface area (Å²) in [5, 5.41) is 8.20. The Hall–Kier alpha value is -3.95. The second-order valence-corrected chi connectivity index (χ2v) is 10.4. The van der Waals surface area contributed by atoms with Gasteiger partial charge in [0, 0.05) is 44.0 Å². The zero-order chi connectivity index (χ0) is 33.9. The minimum atomic E-state index is -5.01. The molecule has 0 aliphatic rings. The lowest BCUT2D eigenvalue weighted by atomic mass is 10.0. The van der Waals surface area contributed by atoms with E-state index in [4.69, 9.17) is 14.6 Å². The van der Waals surface area contributed by atoms with Crippen LogP contribution < -0.4 is 9.47 Å². The Labute approximate surface area is 258 Å². The van der Waals surface area contributed by atoms with Crippen molar-refractivity contribution in [1.82, 2.24) is 24.7 Å². The minimum absolute atomic E-state index is 0.0346. The number of halogens is 6. The van der Waals surface area contributed by atoms with E-state index >= 15 is 0 Å². The molecule has 248 valence electrons. The molecule has 0 unspecified atom stereocenters. The minimum Gasteiger partial charge on any atom is -0.496 e. The fraction of sp³-hybridized carbons (Fsp3) is 0.433. The highest BCUT2D eigenvalue weighted by atomic mass is 19.4. The van der Waals surface area contributed by atoms with Crippen LogP contribution in [0.15, 0.2) is 48.7 Å². The van der Waals surface area contributed by atoms with Crippen molar-refractivity contribution in [2.24, 2.45) is 0 Å². The van der Waals surface area contributed by atoms with Crippen molar-refractivity contribution in [3.8, 4) is 22.9 Å². The molecule has 15 heteroatoms. The van der Waals surface area contributed by atoms with Gasteiger partial charge in [0.1, 0.15) is 18.1 Å². The van der Waals surface area contributed by atoms with Crippen molar-refractivity contribution in [1.29, 1.82) is 0 Å². The third-order valence-electron chi connectivity index (χ3n) is 6.10. The summed E-state index contributed by atoms with van der Waals surface area (Å²) < 4.78 is 90.8. The van der Waals surface area contributed by atoms with Crippen molar-refractivity contribution in [3.63, 3.8) is 0 Å². The number of hydrogen-bond donors (Lipinski definition) is 1. The van der Waals surface area contributed by atoms with Gasteiger partial charge in [0.2, 0.25) is 0 Å². The number of alkyl halides is 6. The molecule has 3 rings (SSSR count). The number of rotatable bonds is 11. The number of carbonyl (C=O) groups is 1. The zero-order valence-electron chi connectivity index (χ0n) is 25.8. The number of amides is 1. The van der Waals surface area contributed by atoms with Crippen LogP contribution in [0.2, 0.25) is 0 Å². The van der Waals surface area contributed by atoms with Crippen LogP contribution in [0.1, 0.15) is 27.2 Å². The van der Waals surface area contributed by atoms with Gasteiger partial charge in [0.25, 0.3) is 5.91 Å². The highest BCUT2D eigenvalue weighted by Crippen LogP contribution is 2.37. The predicted octanol–water partition coefficient (Wildman–Crippen LogP) is 4.94. The third kappa shape index (κ3) is 11.5. The Balaban J connectivity index is 0.00000107. The fourth-order valence-corrected chi connectivity index (χ4v) is 3.82. The summed E-state index contributed by atoms with van der Waals surface area (Å²) in [5.74, 6) is -0.381. The van der Waals surface area contributed by atoms with E-state index in [-0.39, 0.29) is 42.1 Å². The summed E-state index contributed by atoms with van der Waals surface area (Å²) >= 11 is 0. The fourth-order valence-electron chi connectivity index (χ4n) is 3.82. The number of ether oxygens (including phenoxy) is 2. The predicted molar refractivity (Wildman–Crippen MR) is 156 cm³/mol. The molecule has 0 spiro atoms. The van der Waals surface area contributed by atoms with Crippen LogP contribution in [0.4, 0.5) is 26.3 Å². The van der Waals surface area contributed by atoms with Crippen LogP contribution in [0.5, 0.6) is 11.8 Å². The SMILES string of the molecule is CN(C)CCO.COc1ccccc1-c1cnc(OCCN(C)C)nc1C(=O)N(C)Cc1cc(C(F)(F)F)cc(C(F)(F)F)c1. The van der Waals surface area contributed by atoms with Gasteiger partial charge in [-0.3, -0.25) is 4.79 Å². The van der Waals surface area contributed by atoms with Gasteiger partial charge in [-0.15, -0.1) is 0 Å². The molecule has 3 aromatic rings. The van der Waals surface area contributed by atoms with E-state index in [1.165, 1.54) is 20.4 Å². The van der Waals surface area contributed by atoms with Gasteiger partial charge in [0.05, 0.1) is 24.8 Å². The van der Waals surface area contributed by atoms with E-state index in [1.807, 2.05) is 38.0 Å². The van der Waals surface area contributed by atoms with Crippen LogP contribution in [0.25, 0.3) is 11.1 Å². The number of nitrogens with zero attached hydrogens (tertiary/aromatic N) is 5. The quantitative estimate of drug-likeness (QED) is 0.294. The van der Waals surface area contributed by atoms with Crippen LogP contribution in [0, 0.1) is 0 Å². The first-order valence-corrected chi connectivity index (χ1v) is 13.5. The van der Waals surface area contributed by atoms with Gasteiger partial charge in [-0.05, 0) is 58.0 Å². The molecule has 1 amide bonds. The number of benzene rings is 2. The topological polar surface area (TPSA) is 91.3 Å². The summed E-state index contributed by atoms with van der Waals surface area (Å²) in [6.45, 7) is 1.19. The number of methoxy groups -OCH3 is 1. The lowest BCUT2D eigenvalue weighted by molar-refractivity contribution is -0.143. The molecule has 0 bridgehead atoms. The third-order valence-corrected chi connectivity index (χ3v) is 6.10. The molecule has 2 aromatic carbocycles. The first-order chi connectivity index (χ1) is 21.0. The summed E-state index contributed by atoms with van der Waals surface area (Å²) in [6.07, 6.45) is -8.68. The summed E-state index contributed by atoms with van der Waals surface area (Å²) in [7, 11) is 10.2. The molecule has 1 aromatic heterocycles. The maximum Gasteiger partial charge on any atom is 0.416 e. The summed E-state index contributed by atoms with van der Waals surface area (Å²) in [4.78, 5) is 26.7. The first kappa shape index (κ1) is 37.2. The number of para-hydroxylation sites is 1. The Bertz CT molecular complexity index is 1370. The highest BCUT2D eigenvalue weighted by molar-refractivity contribution is 5.99. The first-order valence-electron chi connectivity index (χ1n) is 13.5. The second kappa shape index (κ2) is 16.4. The van der Waals surface area contributed by atoms with Gasteiger partial charge in [-0.1, -0.05) is 18.2 Å². The lowest BCUT2D eigenvalue weighted by Gasteiger charge is -2.21. The van der Waals surface area contributed by atoms with E-state index in [2.05, 4.69) is 9.97 Å². The molecule has 9 nitrogen and oxygen atoms in total. The molecule has 0 saturated heterocycles. The Morgan fingerprint density at radius 1 is 0.867 bits per heavy atom. The average Bonchev–Trinajstić information content (AvgIpc) is 2.95. The molecule has 1 heterocycles. The van der Waals surface area contributed by atoms with Crippen LogP contribution in [0.3, 0.4) is 0 Å². The molecule has 0 radical (unpaired) electrons. The Morgan fingerprint density at radius 2 is 1.44 bits per heavy atom. The molecule has 0 aliphatic heterocycles. The van der Waals surface area contributed by atoms with Crippen molar-refractivity contribution < 1.29 is 45.7 Å². The largest absolute Gasteiger partial charge is 0.496 e. The van der Waals surface area contributed by atoms with Gasteiger partial charge < -0.3 is 29.3 Å². The maximum atomic E-state index is 13.5. The van der Waals surface area contributed by atoms with Gasteiger partial charge in [-0.25, -0.2) is 4.98 Å². The van der Waals surface area contributed by atoms with Gasteiger partial charge in [-0.2, -0.15) is 31.3 Å². The molecule has 1 N–H and O–H groups in total. The Kier molecular flexibility index (Phi) is 13.6. The molecule has 0 saturated carbocycles. The number of aliphatic hydroxyl groups is 1. The highest BCUT2D eigenvalue weighted by Gasteiger charge is 2.37. The van der Waals surface area contributed by atoms with Crippen molar-refractivity contribution >= 4 is 5.91 Å². The molecule has 0 atom stereocenters. The normalized spacial score (nSPS) is 11.7. The van der Waals surface area contributed by atoms with Crippen LogP contribution in [-0.2, 0) is 18.9 Å². The monoisotopic (exact) mass is 645 g/mol. The van der Waals surface area contributed by atoms with E-state index in [0.717, 1.165) is 11.4 Å². The molecule has 0 fully saturated rings. The number of likely N-dealkylation sites (N-methyl/N-ethyl adjacent to an activating group) is 2.